The number of hydrogen-bond acceptors (Lipinski definition) is 2. The van der Waals surface area contributed by atoms with Crippen molar-refractivity contribution in [3.8, 4) is 6.07 Å². The first-order valence-corrected chi connectivity index (χ1v) is 6.48. The molecular weight excluding hydrogens is 248 g/mol. The van der Waals surface area contributed by atoms with Gasteiger partial charge in [-0.1, -0.05) is 24.3 Å². The molecule has 0 aliphatic carbocycles. The van der Waals surface area contributed by atoms with Crippen LogP contribution < -0.4 is 10.3 Å². The standard InChI is InChI=1S/C16H14N4/c1-20-14-7-3-2-6-12(14)13(10-17)15(20)11-19-16-8-4-5-9-18-16/h2-9H,11H2,1H3,(H,18,19)/p+1. The van der Waals surface area contributed by atoms with E-state index in [1.807, 2.05) is 55.7 Å². The van der Waals surface area contributed by atoms with Crippen LogP contribution in [0.1, 0.15) is 11.3 Å². The number of hydrogen-bond donors (Lipinski definition) is 1. The van der Waals surface area contributed by atoms with Crippen molar-refractivity contribution in [2.45, 2.75) is 6.54 Å². The maximum Gasteiger partial charge on any atom is 0.272 e. The van der Waals surface area contributed by atoms with E-state index in [1.54, 1.807) is 0 Å². The summed E-state index contributed by atoms with van der Waals surface area (Å²) in [5, 5.41) is 13.7. The summed E-state index contributed by atoms with van der Waals surface area (Å²) in [5.74, 6) is 0.932. The predicted molar refractivity (Wildman–Crippen MR) is 78.0 cm³/mol. The molecule has 20 heavy (non-hydrogen) atoms. The zero-order valence-electron chi connectivity index (χ0n) is 11.2. The first-order valence-electron chi connectivity index (χ1n) is 6.48. The fraction of sp³-hybridized carbons (Fsp3) is 0.125. The van der Waals surface area contributed by atoms with Crippen LogP contribution in [0.4, 0.5) is 5.82 Å². The van der Waals surface area contributed by atoms with Gasteiger partial charge in [0.15, 0.2) is 0 Å². The van der Waals surface area contributed by atoms with Gasteiger partial charge < -0.3 is 4.57 Å². The highest BCUT2D eigenvalue weighted by molar-refractivity contribution is 5.88. The van der Waals surface area contributed by atoms with Gasteiger partial charge in [-0.25, -0.2) is 4.98 Å². The number of benzene rings is 1. The van der Waals surface area contributed by atoms with Gasteiger partial charge >= 0.3 is 0 Å². The van der Waals surface area contributed by atoms with Crippen molar-refractivity contribution in [2.24, 2.45) is 7.05 Å². The van der Waals surface area contributed by atoms with Crippen LogP contribution in [0.5, 0.6) is 0 Å². The fourth-order valence-electron chi connectivity index (χ4n) is 2.46. The Morgan fingerprint density at radius 1 is 1.20 bits per heavy atom. The molecule has 0 radical (unpaired) electrons. The number of aromatic nitrogens is 2. The maximum absolute atomic E-state index is 9.43. The second-order valence-electron chi connectivity index (χ2n) is 4.64. The first kappa shape index (κ1) is 12.2. The number of pyridine rings is 1. The molecule has 98 valence electrons. The zero-order chi connectivity index (χ0) is 13.9. The average molecular weight is 263 g/mol. The van der Waals surface area contributed by atoms with E-state index in [9.17, 15) is 5.26 Å². The molecule has 0 bridgehead atoms. The highest BCUT2D eigenvalue weighted by Gasteiger charge is 2.15. The molecule has 0 saturated heterocycles. The summed E-state index contributed by atoms with van der Waals surface area (Å²) in [6, 6.07) is 16.2. The van der Waals surface area contributed by atoms with E-state index in [2.05, 4.69) is 20.9 Å². The van der Waals surface area contributed by atoms with Gasteiger partial charge in [0.05, 0.1) is 17.5 Å². The molecule has 0 amide bonds. The topological polar surface area (TPSA) is 54.9 Å². The summed E-state index contributed by atoms with van der Waals surface area (Å²) < 4.78 is 2.07. The van der Waals surface area contributed by atoms with Crippen LogP contribution in [0.15, 0.2) is 48.7 Å². The fourth-order valence-corrected chi connectivity index (χ4v) is 2.46. The quantitative estimate of drug-likeness (QED) is 0.789. The summed E-state index contributed by atoms with van der Waals surface area (Å²) in [7, 11) is 1.99. The summed E-state index contributed by atoms with van der Waals surface area (Å²) in [6.45, 7) is 0.606. The number of nitrogens with zero attached hydrogens (tertiary/aromatic N) is 2. The monoisotopic (exact) mass is 263 g/mol. The minimum atomic E-state index is 0.606. The van der Waals surface area contributed by atoms with Crippen molar-refractivity contribution in [1.29, 1.82) is 5.26 Å². The Kier molecular flexibility index (Phi) is 3.10. The molecule has 0 spiro atoms. The van der Waals surface area contributed by atoms with E-state index in [0.29, 0.717) is 6.54 Å². The average Bonchev–Trinajstić information content (AvgIpc) is 2.78. The Morgan fingerprint density at radius 2 is 2.00 bits per heavy atom. The van der Waals surface area contributed by atoms with Crippen LogP contribution in [0.25, 0.3) is 10.9 Å². The Morgan fingerprint density at radius 3 is 2.75 bits per heavy atom. The van der Waals surface area contributed by atoms with Gasteiger partial charge in [0.2, 0.25) is 0 Å². The molecular formula is C16H15N4+. The highest BCUT2D eigenvalue weighted by Crippen LogP contribution is 2.24. The van der Waals surface area contributed by atoms with Crippen molar-refractivity contribution in [3.05, 3.63) is 59.9 Å². The molecule has 3 rings (SSSR count). The number of nitrogens with one attached hydrogen (secondary N) is 2. The number of H-pyrrole nitrogens is 1. The number of para-hydroxylation sites is 1. The van der Waals surface area contributed by atoms with Crippen molar-refractivity contribution >= 4 is 16.7 Å². The zero-order valence-corrected chi connectivity index (χ0v) is 11.2. The van der Waals surface area contributed by atoms with Crippen LogP contribution in [0.2, 0.25) is 0 Å². The lowest BCUT2D eigenvalue weighted by Gasteiger charge is -2.03. The van der Waals surface area contributed by atoms with Gasteiger partial charge in [0.25, 0.3) is 5.82 Å². The van der Waals surface area contributed by atoms with E-state index in [1.165, 1.54) is 0 Å². The van der Waals surface area contributed by atoms with Crippen molar-refractivity contribution < 1.29 is 4.98 Å². The van der Waals surface area contributed by atoms with Gasteiger partial charge in [-0.3, -0.25) is 5.32 Å². The summed E-state index contributed by atoms with van der Waals surface area (Å²) in [5.41, 5.74) is 2.82. The number of fused-ring (bicyclic) bond motifs is 1. The predicted octanol–water partition coefficient (Wildman–Crippen LogP) is 2.48. The van der Waals surface area contributed by atoms with Gasteiger partial charge in [0.1, 0.15) is 12.6 Å². The SMILES string of the molecule is Cn1c(CNc2cccc[nH+]2)c(C#N)c2ccccc21. The minimum Gasteiger partial charge on any atom is -0.343 e. The molecule has 0 atom stereocenters. The number of anilines is 1. The van der Waals surface area contributed by atoms with Gasteiger partial charge in [-0.2, -0.15) is 5.26 Å². The molecule has 4 nitrogen and oxygen atoms in total. The molecule has 3 aromatic rings. The summed E-state index contributed by atoms with van der Waals surface area (Å²) >= 11 is 0. The largest absolute Gasteiger partial charge is 0.343 e. The lowest BCUT2D eigenvalue weighted by atomic mass is 10.1. The maximum atomic E-state index is 9.43. The Bertz CT molecular complexity index is 781. The van der Waals surface area contributed by atoms with Crippen LogP contribution in [-0.4, -0.2) is 4.57 Å². The molecule has 0 aliphatic rings. The van der Waals surface area contributed by atoms with E-state index in [-0.39, 0.29) is 0 Å². The van der Waals surface area contributed by atoms with Crippen molar-refractivity contribution in [1.82, 2.24) is 4.57 Å². The third-order valence-electron chi connectivity index (χ3n) is 3.50. The second-order valence-corrected chi connectivity index (χ2v) is 4.64. The Balaban J connectivity index is 1.99. The normalized spacial score (nSPS) is 10.4. The Hall–Kier alpha value is -2.80. The van der Waals surface area contributed by atoms with Crippen LogP contribution in [0, 0.1) is 11.3 Å². The summed E-state index contributed by atoms with van der Waals surface area (Å²) in [4.78, 5) is 3.13. The van der Waals surface area contributed by atoms with E-state index >= 15 is 0 Å². The molecule has 2 aromatic heterocycles. The Labute approximate surface area is 117 Å². The van der Waals surface area contributed by atoms with Crippen LogP contribution in [-0.2, 0) is 13.6 Å². The number of rotatable bonds is 3. The number of aryl methyl sites for hydroxylation is 1. The highest BCUT2D eigenvalue weighted by atomic mass is 15.0. The molecule has 0 saturated carbocycles. The number of nitriles is 1. The van der Waals surface area contributed by atoms with Gasteiger partial charge in [-0.05, 0) is 12.1 Å². The summed E-state index contributed by atoms with van der Waals surface area (Å²) in [6.07, 6.45) is 1.87. The van der Waals surface area contributed by atoms with E-state index in [0.717, 1.165) is 28.0 Å². The van der Waals surface area contributed by atoms with Gasteiger partial charge in [0, 0.05) is 24.0 Å². The van der Waals surface area contributed by atoms with E-state index < -0.39 is 0 Å². The lowest BCUT2D eigenvalue weighted by Crippen LogP contribution is -2.13. The van der Waals surface area contributed by atoms with Crippen molar-refractivity contribution in [3.63, 3.8) is 0 Å². The van der Waals surface area contributed by atoms with E-state index in [4.69, 9.17) is 0 Å². The third kappa shape index (κ3) is 1.99. The van der Waals surface area contributed by atoms with Crippen LogP contribution in [0.3, 0.4) is 0 Å². The molecule has 1 aromatic carbocycles. The molecule has 0 aliphatic heterocycles. The molecule has 4 heteroatoms. The first-order chi connectivity index (χ1) is 9.81. The third-order valence-corrected chi connectivity index (χ3v) is 3.50. The minimum absolute atomic E-state index is 0.606. The van der Waals surface area contributed by atoms with Crippen LogP contribution >= 0.6 is 0 Å². The molecule has 2 N–H and O–H groups in total. The van der Waals surface area contributed by atoms with Crippen molar-refractivity contribution in [2.75, 3.05) is 5.32 Å². The smallest absolute Gasteiger partial charge is 0.272 e. The lowest BCUT2D eigenvalue weighted by molar-refractivity contribution is -0.361. The number of aromatic amines is 1. The molecule has 0 unspecified atom stereocenters. The molecule has 2 heterocycles. The molecule has 0 fully saturated rings. The van der Waals surface area contributed by atoms with Gasteiger partial charge in [-0.15, -0.1) is 0 Å². The second kappa shape index (κ2) is 5.06.